The molecule has 0 aromatic rings. The molecule has 12 heavy (non-hydrogen) atoms. The van der Waals surface area contributed by atoms with Crippen molar-refractivity contribution in [3.05, 3.63) is 12.8 Å². The molecule has 0 N–H and O–H groups in total. The Morgan fingerprint density at radius 2 is 0.667 bits per heavy atom. The monoisotopic (exact) mass is 166 g/mol. The van der Waals surface area contributed by atoms with Crippen LogP contribution in [0, 0.1) is 12.8 Å². The van der Waals surface area contributed by atoms with E-state index < -0.39 is 0 Å². The highest BCUT2D eigenvalue weighted by molar-refractivity contribution is 4.79. The van der Waals surface area contributed by atoms with Crippen molar-refractivity contribution in [2.24, 2.45) is 0 Å². The molecule has 0 amide bonds. The van der Waals surface area contributed by atoms with Crippen LogP contribution in [-0.4, -0.2) is 0 Å². The molecule has 0 aromatic carbocycles. The summed E-state index contributed by atoms with van der Waals surface area (Å²) >= 11 is 0. The maximum Gasteiger partial charge on any atom is -0.0386 e. The molecule has 3 aliphatic carbocycles. The highest BCUT2D eigenvalue weighted by atomic mass is 14.0. The van der Waals surface area contributed by atoms with Gasteiger partial charge in [-0.05, 0) is 25.7 Å². The molecular weight excluding hydrogens is 144 g/mol. The molecule has 0 nitrogen and oxygen atoms in total. The zero-order chi connectivity index (χ0) is 8.49. The Labute approximate surface area is 77.7 Å². The minimum absolute atomic E-state index is 1.38. The van der Waals surface area contributed by atoms with Crippen molar-refractivity contribution in [1.29, 1.82) is 0 Å². The predicted octanol–water partition coefficient (Wildman–Crippen LogP) is 4.31. The lowest BCUT2D eigenvalue weighted by Gasteiger charge is -2.05. The van der Waals surface area contributed by atoms with E-state index in [-0.39, 0.29) is 0 Å². The third-order valence-corrected chi connectivity index (χ3v) is 2.36. The molecule has 0 aliphatic heterocycles. The van der Waals surface area contributed by atoms with Crippen LogP contribution in [0.15, 0.2) is 0 Å². The smallest absolute Gasteiger partial charge is 0.0386 e. The summed E-state index contributed by atoms with van der Waals surface area (Å²) in [5.74, 6) is 0. The maximum atomic E-state index is 2.31. The van der Waals surface area contributed by atoms with Gasteiger partial charge in [-0.3, -0.25) is 0 Å². The Morgan fingerprint density at radius 3 is 0.750 bits per heavy atom. The van der Waals surface area contributed by atoms with Crippen LogP contribution in [0.25, 0.3) is 0 Å². The third kappa shape index (κ3) is 8.10. The normalized spacial score (nSPS) is 24.0. The molecule has 70 valence electrons. The van der Waals surface area contributed by atoms with Crippen molar-refractivity contribution in [2.75, 3.05) is 0 Å². The summed E-state index contributed by atoms with van der Waals surface area (Å²) in [4.78, 5) is 0. The number of rotatable bonds is 0. The lowest BCUT2D eigenvalue weighted by atomic mass is 10.0. The highest BCUT2D eigenvalue weighted by Crippen LogP contribution is 2.15. The van der Waals surface area contributed by atoms with Crippen LogP contribution < -0.4 is 0 Å². The van der Waals surface area contributed by atoms with Gasteiger partial charge in [0.25, 0.3) is 0 Å². The Hall–Kier alpha value is 0. The summed E-state index contributed by atoms with van der Waals surface area (Å²) in [5, 5.41) is 0. The van der Waals surface area contributed by atoms with Gasteiger partial charge >= 0.3 is 0 Å². The third-order valence-electron chi connectivity index (χ3n) is 2.36. The van der Waals surface area contributed by atoms with E-state index in [9.17, 15) is 0 Å². The van der Waals surface area contributed by atoms with Gasteiger partial charge in [0.15, 0.2) is 0 Å². The first-order valence-corrected chi connectivity index (χ1v) is 5.63. The average Bonchev–Trinajstić information content (AvgIpc) is 2.70. The van der Waals surface area contributed by atoms with Crippen molar-refractivity contribution in [2.45, 2.75) is 64.2 Å². The van der Waals surface area contributed by atoms with Gasteiger partial charge in [-0.1, -0.05) is 51.4 Å². The van der Waals surface area contributed by atoms with Crippen molar-refractivity contribution >= 4 is 0 Å². The van der Waals surface area contributed by atoms with E-state index in [1.165, 1.54) is 64.2 Å². The Morgan fingerprint density at radius 1 is 0.417 bits per heavy atom. The molecular formula is C12H22. The van der Waals surface area contributed by atoms with Crippen molar-refractivity contribution in [3.63, 3.8) is 0 Å². The molecule has 0 saturated heterocycles. The molecule has 0 heteroatoms. The zero-order valence-electron chi connectivity index (χ0n) is 8.23. The molecule has 3 aliphatic rings. The standard InChI is InChI=1S/C5H10.C4H7.C3H5/c1-2-4-5-3-1;1-2-4-3-1;1-2-3-1/h1-5H2;1H,2-4H2;1H,2-3H2. The lowest BCUT2D eigenvalue weighted by Crippen LogP contribution is -1.87. The molecule has 3 fully saturated rings. The van der Waals surface area contributed by atoms with Crippen LogP contribution in [0.5, 0.6) is 0 Å². The second-order valence-corrected chi connectivity index (χ2v) is 3.85. The van der Waals surface area contributed by atoms with E-state index in [4.69, 9.17) is 0 Å². The van der Waals surface area contributed by atoms with Crippen molar-refractivity contribution < 1.29 is 0 Å². The Balaban J connectivity index is 0.0000000929. The van der Waals surface area contributed by atoms with Crippen LogP contribution >= 0.6 is 0 Å². The van der Waals surface area contributed by atoms with Gasteiger partial charge in [-0.25, -0.2) is 0 Å². The van der Waals surface area contributed by atoms with Crippen molar-refractivity contribution in [1.82, 2.24) is 0 Å². The largest absolute Gasteiger partial charge is 0.0533 e. The van der Waals surface area contributed by atoms with E-state index in [0.29, 0.717) is 0 Å². The lowest BCUT2D eigenvalue weighted by molar-refractivity contribution is 0.652. The fourth-order valence-electron chi connectivity index (χ4n) is 1.09. The van der Waals surface area contributed by atoms with Crippen LogP contribution in [-0.2, 0) is 0 Å². The molecule has 0 unspecified atom stereocenters. The summed E-state index contributed by atoms with van der Waals surface area (Å²) in [7, 11) is 0. The summed E-state index contributed by atoms with van der Waals surface area (Å²) in [6.07, 6.45) is 19.0. The van der Waals surface area contributed by atoms with Crippen molar-refractivity contribution in [3.8, 4) is 0 Å². The summed E-state index contributed by atoms with van der Waals surface area (Å²) < 4.78 is 0. The average molecular weight is 166 g/mol. The fourth-order valence-corrected chi connectivity index (χ4v) is 1.09. The van der Waals surface area contributed by atoms with Crippen LogP contribution in [0.2, 0.25) is 0 Å². The van der Waals surface area contributed by atoms with E-state index in [0.717, 1.165) is 0 Å². The molecule has 0 spiro atoms. The highest BCUT2D eigenvalue weighted by Gasteiger charge is 1.96. The quantitative estimate of drug-likeness (QED) is 0.503. The van der Waals surface area contributed by atoms with Crippen LogP contribution in [0.4, 0.5) is 0 Å². The van der Waals surface area contributed by atoms with E-state index in [1.807, 2.05) is 0 Å². The van der Waals surface area contributed by atoms with Gasteiger partial charge < -0.3 is 0 Å². The Bertz CT molecular complexity index is 61.7. The van der Waals surface area contributed by atoms with E-state index in [2.05, 4.69) is 12.8 Å². The second-order valence-electron chi connectivity index (χ2n) is 3.85. The predicted molar refractivity (Wildman–Crippen MR) is 54.8 cm³/mol. The summed E-state index contributed by atoms with van der Waals surface area (Å²) in [5.41, 5.74) is 0. The first kappa shape index (κ1) is 10.1. The SMILES string of the molecule is C1CCCC1.[CH]1CC1.[CH]1CCC1. The minimum atomic E-state index is 1.38. The van der Waals surface area contributed by atoms with Gasteiger partial charge in [-0.15, -0.1) is 0 Å². The van der Waals surface area contributed by atoms with Gasteiger partial charge in [0.2, 0.25) is 0 Å². The molecule has 2 radical (unpaired) electrons. The minimum Gasteiger partial charge on any atom is -0.0533 e. The maximum absolute atomic E-state index is 2.31. The van der Waals surface area contributed by atoms with Gasteiger partial charge in [-0.2, -0.15) is 0 Å². The first-order valence-electron chi connectivity index (χ1n) is 5.63. The molecule has 0 aromatic heterocycles. The van der Waals surface area contributed by atoms with Gasteiger partial charge in [0.1, 0.15) is 0 Å². The summed E-state index contributed by atoms with van der Waals surface area (Å²) in [6.45, 7) is 0. The van der Waals surface area contributed by atoms with Crippen LogP contribution in [0.1, 0.15) is 64.2 Å². The molecule has 0 atom stereocenters. The fraction of sp³-hybridized carbons (Fsp3) is 0.833. The first-order chi connectivity index (χ1) is 6.00. The van der Waals surface area contributed by atoms with E-state index >= 15 is 0 Å². The molecule has 0 bridgehead atoms. The number of hydrogen-bond donors (Lipinski definition) is 0. The molecule has 3 rings (SSSR count). The van der Waals surface area contributed by atoms with E-state index in [1.54, 1.807) is 0 Å². The van der Waals surface area contributed by atoms with Crippen LogP contribution in [0.3, 0.4) is 0 Å². The topological polar surface area (TPSA) is 0 Å². The molecule has 3 saturated carbocycles. The summed E-state index contributed by atoms with van der Waals surface area (Å²) in [6, 6.07) is 0. The second kappa shape index (κ2) is 7.64. The molecule has 0 heterocycles. The number of hydrogen-bond acceptors (Lipinski definition) is 0. The van der Waals surface area contributed by atoms with Gasteiger partial charge in [0, 0.05) is 0 Å². The van der Waals surface area contributed by atoms with Gasteiger partial charge in [0.05, 0.1) is 0 Å². The Kier molecular flexibility index (Phi) is 6.42. The zero-order valence-corrected chi connectivity index (χ0v) is 8.23.